The molecule has 0 bridgehead atoms. The molecule has 0 saturated heterocycles. The quantitative estimate of drug-likeness (QED) is 0.168. The van der Waals surface area contributed by atoms with Crippen molar-refractivity contribution in [2.45, 2.75) is 11.8 Å². The maximum atomic E-state index is 3.68. The molecular weight excluding hydrogens is 555 g/mol. The molecule has 0 aromatic heterocycles. The molecule has 0 radical (unpaired) electrons. The molecule has 190 valence electrons. The van der Waals surface area contributed by atoms with Gasteiger partial charge in [0.05, 0.1) is 0 Å². The van der Waals surface area contributed by atoms with Gasteiger partial charge < -0.3 is 0 Å². The summed E-state index contributed by atoms with van der Waals surface area (Å²) in [7, 11) is 0. The fraction of sp³-hybridized carbons (Fsp3) is 0.0526. The van der Waals surface area contributed by atoms with Crippen LogP contribution in [0.4, 0.5) is 4.70 Å². The van der Waals surface area contributed by atoms with Gasteiger partial charge in [0.1, 0.15) is 0 Å². The maximum Gasteiger partial charge on any atom is 0.0364 e. The number of benzene rings is 6. The predicted molar refractivity (Wildman–Crippen MR) is 167 cm³/mol. The van der Waals surface area contributed by atoms with Crippen LogP contribution >= 0.6 is 15.9 Å². The Morgan fingerprint density at radius 2 is 0.650 bits per heavy atom. The molecule has 0 atom stereocenters. The van der Waals surface area contributed by atoms with E-state index in [1.54, 1.807) is 0 Å². The Bertz CT molecular complexity index is 1870. The first-order valence-corrected chi connectivity index (χ1v) is 14.4. The summed E-state index contributed by atoms with van der Waals surface area (Å²) >= 11 is 3.68. The van der Waals surface area contributed by atoms with Crippen LogP contribution < -0.4 is 0 Å². The van der Waals surface area contributed by atoms with Crippen LogP contribution in [0.15, 0.2) is 132 Å². The highest BCUT2D eigenvalue weighted by atomic mass is 79.9. The smallest absolute Gasteiger partial charge is 0.0364 e. The van der Waals surface area contributed by atoms with Gasteiger partial charge in [0.2, 0.25) is 0 Å². The Morgan fingerprint density at radius 3 is 1.05 bits per heavy atom. The van der Waals surface area contributed by atoms with E-state index < -0.39 is 0 Å². The molecule has 2 heteroatoms. The fourth-order valence-corrected chi connectivity index (χ4v) is 8.11. The molecule has 0 spiro atoms. The average molecular weight is 580 g/mol. The first kappa shape index (κ1) is 23.6. The summed E-state index contributed by atoms with van der Waals surface area (Å²) in [5.74, 6) is 0.888. The zero-order chi connectivity index (χ0) is 25.7. The molecule has 40 heavy (non-hydrogen) atoms. The number of hydrogen-bond acceptors (Lipinski definition) is 0. The molecule has 0 saturated carbocycles. The minimum absolute atomic E-state index is 0. The fourth-order valence-electron chi connectivity index (χ4n) is 7.65. The van der Waals surface area contributed by atoms with Gasteiger partial charge in [0.15, 0.2) is 0 Å². The van der Waals surface area contributed by atoms with Gasteiger partial charge in [-0.2, -0.15) is 0 Å². The van der Waals surface area contributed by atoms with E-state index in [0.717, 1.165) is 0 Å². The van der Waals surface area contributed by atoms with Crippen molar-refractivity contribution in [3.8, 4) is 44.5 Å². The minimum atomic E-state index is 0. The first-order valence-electron chi connectivity index (χ1n) is 13.6. The van der Waals surface area contributed by atoms with Crippen molar-refractivity contribution in [1.29, 1.82) is 0 Å². The van der Waals surface area contributed by atoms with E-state index in [2.05, 4.69) is 143 Å². The van der Waals surface area contributed by atoms with Crippen molar-refractivity contribution in [3.63, 3.8) is 0 Å². The number of halogens is 2. The zero-order valence-corrected chi connectivity index (χ0v) is 23.2. The molecular formula is C38H24BrF. The van der Waals surface area contributed by atoms with Crippen LogP contribution in [-0.4, -0.2) is 0 Å². The van der Waals surface area contributed by atoms with Crippen molar-refractivity contribution in [2.75, 3.05) is 0 Å². The molecule has 0 heterocycles. The molecule has 0 nitrogen and oxygen atoms in total. The topological polar surface area (TPSA) is 0 Å². The van der Waals surface area contributed by atoms with Crippen LogP contribution in [0, 0.1) is 0 Å². The van der Waals surface area contributed by atoms with Crippen molar-refractivity contribution >= 4 is 15.9 Å². The summed E-state index contributed by atoms with van der Waals surface area (Å²) in [6.07, 6.45) is 0. The lowest BCUT2D eigenvalue weighted by Crippen LogP contribution is -1.93. The second-order valence-corrected chi connectivity index (χ2v) is 11.8. The third kappa shape index (κ3) is 3.00. The highest BCUT2D eigenvalue weighted by Gasteiger charge is 2.39. The molecule has 4 aliphatic rings. The lowest BCUT2D eigenvalue weighted by atomic mass is 9.93. The second kappa shape index (κ2) is 8.61. The van der Waals surface area contributed by atoms with Gasteiger partial charge in [-0.15, -0.1) is 0 Å². The Hall–Kier alpha value is -4.27. The normalized spacial score (nSPS) is 13.7. The van der Waals surface area contributed by atoms with E-state index in [0.29, 0.717) is 11.8 Å². The highest BCUT2D eigenvalue weighted by molar-refractivity contribution is 9.10. The van der Waals surface area contributed by atoms with Gasteiger partial charge >= 0.3 is 0 Å². The summed E-state index contributed by atoms with van der Waals surface area (Å²) in [4.78, 5) is 0. The van der Waals surface area contributed by atoms with Crippen molar-refractivity contribution < 1.29 is 4.70 Å². The molecule has 6 aromatic rings. The summed E-state index contributed by atoms with van der Waals surface area (Å²) < 4.78 is 1.17. The molecule has 0 N–H and O–H groups in total. The number of fused-ring (bicyclic) bond motifs is 12. The van der Waals surface area contributed by atoms with Crippen molar-refractivity contribution in [1.82, 2.24) is 0 Å². The molecule has 0 aliphatic heterocycles. The third-order valence-corrected chi connectivity index (χ3v) is 9.53. The van der Waals surface area contributed by atoms with Crippen LogP contribution in [0.2, 0.25) is 0 Å². The average Bonchev–Trinajstić information content (AvgIpc) is 3.71. The lowest BCUT2D eigenvalue weighted by Gasteiger charge is -2.09. The van der Waals surface area contributed by atoms with Crippen LogP contribution in [0.25, 0.3) is 44.5 Å². The van der Waals surface area contributed by atoms with Crippen LogP contribution in [-0.2, 0) is 0 Å². The molecule has 4 aliphatic carbocycles. The summed E-state index contributed by atoms with van der Waals surface area (Å²) in [5.41, 5.74) is 20.1. The van der Waals surface area contributed by atoms with Crippen molar-refractivity contribution in [2.24, 2.45) is 0 Å². The molecule has 0 amide bonds. The number of hydrogen-bond donors (Lipinski definition) is 0. The number of rotatable bonds is 0. The highest BCUT2D eigenvalue weighted by Crippen LogP contribution is 2.59. The Kier molecular flexibility index (Phi) is 5.08. The van der Waals surface area contributed by atoms with Crippen LogP contribution in [0.5, 0.6) is 0 Å². The lowest BCUT2D eigenvalue weighted by molar-refractivity contribution is 1.05. The van der Waals surface area contributed by atoms with Gasteiger partial charge in [0, 0.05) is 16.3 Å². The van der Waals surface area contributed by atoms with Crippen LogP contribution in [0.3, 0.4) is 0 Å². The maximum absolute atomic E-state index is 3.68. The second-order valence-electron chi connectivity index (χ2n) is 10.9. The summed E-state index contributed by atoms with van der Waals surface area (Å²) in [6, 6.07) is 46.6. The monoisotopic (exact) mass is 578 g/mol. The molecule has 0 fully saturated rings. The Labute approximate surface area is 241 Å². The Morgan fingerprint density at radius 1 is 0.350 bits per heavy atom. The van der Waals surface area contributed by atoms with Crippen molar-refractivity contribution in [3.05, 3.63) is 165 Å². The minimum Gasteiger partial charge on any atom is -0.269 e. The predicted octanol–water partition coefficient (Wildman–Crippen LogP) is 10.6. The SMILES string of the molecule is Brc1cc2c3c(c1)-c1ccccc1C3c1ccccc1-2.F.c1ccc2c(c1)-c1cccc3c1C2c1ccccc1-3. The Balaban J connectivity index is 0.000000120. The zero-order valence-electron chi connectivity index (χ0n) is 21.6. The largest absolute Gasteiger partial charge is 0.269 e. The molecule has 6 aromatic carbocycles. The summed E-state index contributed by atoms with van der Waals surface area (Å²) in [6.45, 7) is 0. The van der Waals surface area contributed by atoms with Gasteiger partial charge in [-0.1, -0.05) is 131 Å². The van der Waals surface area contributed by atoms with E-state index in [4.69, 9.17) is 0 Å². The van der Waals surface area contributed by atoms with Gasteiger partial charge in [-0.05, 0) is 90.0 Å². The van der Waals surface area contributed by atoms with Gasteiger partial charge in [-0.25, -0.2) is 0 Å². The molecule has 10 rings (SSSR count). The van der Waals surface area contributed by atoms with E-state index in [-0.39, 0.29) is 4.70 Å². The van der Waals surface area contributed by atoms with E-state index in [9.17, 15) is 0 Å². The van der Waals surface area contributed by atoms with E-state index in [1.165, 1.54) is 82.4 Å². The summed E-state index contributed by atoms with van der Waals surface area (Å²) in [5, 5.41) is 0. The first-order chi connectivity index (χ1) is 19.3. The van der Waals surface area contributed by atoms with E-state index in [1.807, 2.05) is 0 Å². The standard InChI is InChI=1S/C19H11Br.C19H12.FH/c20-11-9-16-12-5-1-3-7-14(12)18-15-8-4-2-6-13(15)17(10-11)19(16)18;1-3-8-14-12(6-1)16-10-5-11-17-13-7-2-4-9-15(13)18(14)19(16)17;/h1-10,18H;1-11,18H;1H. The van der Waals surface area contributed by atoms with Gasteiger partial charge in [-0.3, -0.25) is 4.70 Å². The van der Waals surface area contributed by atoms with Crippen LogP contribution in [0.1, 0.15) is 45.2 Å². The third-order valence-electron chi connectivity index (χ3n) is 9.08. The molecule has 0 unspecified atom stereocenters. The van der Waals surface area contributed by atoms with E-state index >= 15 is 0 Å². The van der Waals surface area contributed by atoms with Gasteiger partial charge in [0.25, 0.3) is 0 Å².